The molecule has 1 rings (SSSR count). The van der Waals surface area contributed by atoms with Crippen molar-refractivity contribution < 1.29 is 18.3 Å². The summed E-state index contributed by atoms with van der Waals surface area (Å²) in [5.41, 5.74) is 0.309. The van der Waals surface area contributed by atoms with E-state index in [1.54, 1.807) is 6.07 Å². The Morgan fingerprint density at radius 2 is 2.18 bits per heavy atom. The Bertz CT molecular complexity index is 383. The Morgan fingerprint density at radius 3 is 2.76 bits per heavy atom. The minimum Gasteiger partial charge on any atom is -0.435 e. The van der Waals surface area contributed by atoms with E-state index in [0.717, 1.165) is 6.42 Å². The number of nitrogens with one attached hydrogen (secondary N) is 1. The highest BCUT2D eigenvalue weighted by molar-refractivity contribution is 5.94. The molecule has 0 saturated carbocycles. The Labute approximate surface area is 98.8 Å². The number of amides is 1. The number of rotatable bonds is 5. The highest BCUT2D eigenvalue weighted by atomic mass is 19.3. The molecule has 1 unspecified atom stereocenters. The van der Waals surface area contributed by atoms with Crippen LogP contribution in [0.15, 0.2) is 24.3 Å². The molecule has 1 atom stereocenters. The lowest BCUT2D eigenvalue weighted by atomic mass is 10.2. The van der Waals surface area contributed by atoms with Crippen LogP contribution in [-0.2, 0) is 0 Å². The van der Waals surface area contributed by atoms with Crippen LogP contribution in [0.3, 0.4) is 0 Å². The van der Waals surface area contributed by atoms with Crippen LogP contribution in [0.25, 0.3) is 0 Å². The average molecular weight is 243 g/mol. The number of halogens is 2. The molecule has 1 aromatic carbocycles. The summed E-state index contributed by atoms with van der Waals surface area (Å²) in [7, 11) is 0. The molecule has 0 aliphatic carbocycles. The third-order valence-electron chi connectivity index (χ3n) is 2.31. The fourth-order valence-electron chi connectivity index (χ4n) is 1.22. The maximum Gasteiger partial charge on any atom is 0.387 e. The zero-order valence-electron chi connectivity index (χ0n) is 9.74. The first-order valence-corrected chi connectivity index (χ1v) is 5.38. The van der Waals surface area contributed by atoms with Gasteiger partial charge < -0.3 is 10.1 Å². The lowest BCUT2D eigenvalue weighted by Crippen LogP contribution is -2.31. The van der Waals surface area contributed by atoms with Crippen LogP contribution in [-0.4, -0.2) is 18.6 Å². The third kappa shape index (κ3) is 4.38. The van der Waals surface area contributed by atoms with Gasteiger partial charge >= 0.3 is 6.61 Å². The number of alkyl halides is 2. The van der Waals surface area contributed by atoms with Crippen LogP contribution < -0.4 is 10.1 Å². The predicted octanol–water partition coefficient (Wildman–Crippen LogP) is 2.82. The second-order valence-electron chi connectivity index (χ2n) is 3.69. The van der Waals surface area contributed by atoms with Gasteiger partial charge in [-0.1, -0.05) is 13.0 Å². The van der Waals surface area contributed by atoms with Crippen molar-refractivity contribution in [3.63, 3.8) is 0 Å². The maximum absolute atomic E-state index is 12.0. The zero-order valence-corrected chi connectivity index (χ0v) is 9.74. The SMILES string of the molecule is CCC(C)NC(=O)c1cccc(OC(F)F)c1. The Kier molecular flexibility index (Phi) is 4.87. The minimum absolute atomic E-state index is 0.0169. The summed E-state index contributed by atoms with van der Waals surface area (Å²) in [5.74, 6) is -0.309. The van der Waals surface area contributed by atoms with Gasteiger partial charge in [-0.3, -0.25) is 4.79 Å². The molecule has 1 amide bonds. The minimum atomic E-state index is -2.89. The van der Waals surface area contributed by atoms with E-state index in [0.29, 0.717) is 5.56 Å². The second kappa shape index (κ2) is 6.18. The summed E-state index contributed by atoms with van der Waals surface area (Å²) in [4.78, 5) is 11.7. The van der Waals surface area contributed by atoms with E-state index in [4.69, 9.17) is 0 Å². The average Bonchev–Trinajstić information content (AvgIpc) is 2.28. The quantitative estimate of drug-likeness (QED) is 0.863. The maximum atomic E-state index is 12.0. The van der Waals surface area contributed by atoms with E-state index >= 15 is 0 Å². The summed E-state index contributed by atoms with van der Waals surface area (Å²) < 4.78 is 28.2. The van der Waals surface area contributed by atoms with Crippen LogP contribution in [0.4, 0.5) is 8.78 Å². The van der Waals surface area contributed by atoms with Gasteiger partial charge in [0.25, 0.3) is 5.91 Å². The fraction of sp³-hybridized carbons (Fsp3) is 0.417. The van der Waals surface area contributed by atoms with Gasteiger partial charge in [-0.05, 0) is 31.5 Å². The molecule has 0 bridgehead atoms. The number of carbonyl (C=O) groups excluding carboxylic acids is 1. The first-order valence-electron chi connectivity index (χ1n) is 5.38. The van der Waals surface area contributed by atoms with Crippen molar-refractivity contribution in [3.8, 4) is 5.75 Å². The van der Waals surface area contributed by atoms with Crippen LogP contribution in [0.1, 0.15) is 30.6 Å². The van der Waals surface area contributed by atoms with Gasteiger partial charge in [0.05, 0.1) is 0 Å². The largest absolute Gasteiger partial charge is 0.435 e. The van der Waals surface area contributed by atoms with E-state index in [-0.39, 0.29) is 17.7 Å². The first kappa shape index (κ1) is 13.4. The van der Waals surface area contributed by atoms with Crippen LogP contribution in [0.5, 0.6) is 5.75 Å². The monoisotopic (exact) mass is 243 g/mol. The number of hydrogen-bond acceptors (Lipinski definition) is 2. The molecule has 3 nitrogen and oxygen atoms in total. The van der Waals surface area contributed by atoms with Crippen molar-refractivity contribution in [3.05, 3.63) is 29.8 Å². The summed E-state index contributed by atoms with van der Waals surface area (Å²) >= 11 is 0. The first-order chi connectivity index (χ1) is 8.02. The van der Waals surface area contributed by atoms with E-state index in [9.17, 15) is 13.6 Å². The molecule has 0 aliphatic heterocycles. The van der Waals surface area contributed by atoms with Crippen molar-refractivity contribution in [2.24, 2.45) is 0 Å². The van der Waals surface area contributed by atoms with Crippen molar-refractivity contribution in [1.82, 2.24) is 5.32 Å². The summed E-state index contributed by atoms with van der Waals surface area (Å²) in [6.07, 6.45) is 0.805. The number of hydrogen-bond donors (Lipinski definition) is 1. The molecule has 0 saturated heterocycles. The topological polar surface area (TPSA) is 38.3 Å². The highest BCUT2D eigenvalue weighted by Crippen LogP contribution is 2.16. The van der Waals surface area contributed by atoms with Gasteiger partial charge in [-0.15, -0.1) is 0 Å². The van der Waals surface area contributed by atoms with E-state index in [1.165, 1.54) is 18.2 Å². The van der Waals surface area contributed by atoms with Crippen molar-refractivity contribution >= 4 is 5.91 Å². The number of benzene rings is 1. The molecular weight excluding hydrogens is 228 g/mol. The molecular formula is C12H15F2NO2. The molecule has 0 aromatic heterocycles. The molecule has 5 heteroatoms. The molecule has 0 heterocycles. The Morgan fingerprint density at radius 1 is 1.47 bits per heavy atom. The Hall–Kier alpha value is -1.65. The standard InChI is InChI=1S/C12H15F2NO2/c1-3-8(2)15-11(16)9-5-4-6-10(7-9)17-12(13)14/h4-8,12H,3H2,1-2H3,(H,15,16). The van der Waals surface area contributed by atoms with E-state index in [2.05, 4.69) is 10.1 Å². The molecule has 17 heavy (non-hydrogen) atoms. The molecule has 0 radical (unpaired) electrons. The molecule has 0 spiro atoms. The van der Waals surface area contributed by atoms with Gasteiger partial charge in [-0.25, -0.2) is 0 Å². The van der Waals surface area contributed by atoms with Gasteiger partial charge in [0, 0.05) is 11.6 Å². The molecule has 94 valence electrons. The van der Waals surface area contributed by atoms with Crippen LogP contribution >= 0.6 is 0 Å². The molecule has 1 N–H and O–H groups in total. The summed E-state index contributed by atoms with van der Waals surface area (Å²) in [5, 5.41) is 2.74. The normalized spacial score (nSPS) is 12.3. The van der Waals surface area contributed by atoms with Crippen molar-refractivity contribution in [2.75, 3.05) is 0 Å². The molecule has 0 aliphatic rings. The Balaban J connectivity index is 2.73. The second-order valence-corrected chi connectivity index (χ2v) is 3.69. The van der Waals surface area contributed by atoms with E-state index in [1.807, 2.05) is 13.8 Å². The predicted molar refractivity (Wildman–Crippen MR) is 60.3 cm³/mol. The zero-order chi connectivity index (χ0) is 12.8. The summed E-state index contributed by atoms with van der Waals surface area (Å²) in [6, 6.07) is 5.78. The number of ether oxygens (including phenoxy) is 1. The van der Waals surface area contributed by atoms with E-state index < -0.39 is 6.61 Å². The van der Waals surface area contributed by atoms with Crippen LogP contribution in [0, 0.1) is 0 Å². The fourth-order valence-corrected chi connectivity index (χ4v) is 1.22. The van der Waals surface area contributed by atoms with Crippen LogP contribution in [0.2, 0.25) is 0 Å². The van der Waals surface area contributed by atoms with Crippen molar-refractivity contribution in [1.29, 1.82) is 0 Å². The summed E-state index contributed by atoms with van der Waals surface area (Å²) in [6.45, 7) is 0.932. The smallest absolute Gasteiger partial charge is 0.387 e. The van der Waals surface area contributed by atoms with Crippen molar-refractivity contribution in [2.45, 2.75) is 32.9 Å². The van der Waals surface area contributed by atoms with Gasteiger partial charge in [0.15, 0.2) is 0 Å². The molecule has 1 aromatic rings. The third-order valence-corrected chi connectivity index (χ3v) is 2.31. The number of carbonyl (C=O) groups is 1. The van der Waals surface area contributed by atoms with Gasteiger partial charge in [-0.2, -0.15) is 8.78 Å². The van der Waals surface area contributed by atoms with Gasteiger partial charge in [0.2, 0.25) is 0 Å². The lowest BCUT2D eigenvalue weighted by Gasteiger charge is -2.12. The van der Waals surface area contributed by atoms with Gasteiger partial charge in [0.1, 0.15) is 5.75 Å². The molecule has 0 fully saturated rings. The highest BCUT2D eigenvalue weighted by Gasteiger charge is 2.10. The lowest BCUT2D eigenvalue weighted by molar-refractivity contribution is -0.0498.